The lowest BCUT2D eigenvalue weighted by Gasteiger charge is -2.10. The Labute approximate surface area is 156 Å². The molecule has 0 fully saturated rings. The van der Waals surface area contributed by atoms with Gasteiger partial charge in [-0.1, -0.05) is 41.9 Å². The average molecular weight is 369 g/mol. The minimum Gasteiger partial charge on any atom is -0.489 e. The number of anilines is 1. The molecule has 0 radical (unpaired) electrons. The number of benzene rings is 3. The third-order valence-electron chi connectivity index (χ3n) is 3.83. The Morgan fingerprint density at radius 1 is 1.00 bits per heavy atom. The van der Waals surface area contributed by atoms with Crippen LogP contribution in [0.25, 0.3) is 0 Å². The quantitative estimate of drug-likeness (QED) is 0.445. The molecule has 0 aliphatic rings. The van der Waals surface area contributed by atoms with E-state index in [4.69, 9.17) is 16.3 Å². The molecule has 0 amide bonds. The van der Waals surface area contributed by atoms with Gasteiger partial charge in [0.25, 0.3) is 5.69 Å². The van der Waals surface area contributed by atoms with Crippen molar-refractivity contribution in [2.24, 2.45) is 0 Å². The number of ether oxygens (including phenoxy) is 1. The van der Waals surface area contributed by atoms with Crippen LogP contribution in [0.1, 0.15) is 11.1 Å². The maximum Gasteiger partial charge on any atom is 0.269 e. The number of halogens is 1. The van der Waals surface area contributed by atoms with E-state index in [1.165, 1.54) is 12.1 Å². The first-order chi connectivity index (χ1) is 12.6. The van der Waals surface area contributed by atoms with Gasteiger partial charge < -0.3 is 10.1 Å². The summed E-state index contributed by atoms with van der Waals surface area (Å²) in [5, 5.41) is 14.6. The first-order valence-electron chi connectivity index (χ1n) is 8.05. The molecule has 0 spiro atoms. The minimum absolute atomic E-state index is 0.0746. The van der Waals surface area contributed by atoms with Gasteiger partial charge >= 0.3 is 0 Å². The van der Waals surface area contributed by atoms with E-state index in [0.29, 0.717) is 18.2 Å². The molecule has 1 N–H and O–H groups in total. The number of nitro benzene ring substituents is 1. The van der Waals surface area contributed by atoms with Gasteiger partial charge in [-0.05, 0) is 35.9 Å². The molecule has 0 atom stereocenters. The zero-order valence-corrected chi connectivity index (χ0v) is 14.6. The van der Waals surface area contributed by atoms with Crippen LogP contribution in [-0.4, -0.2) is 4.92 Å². The van der Waals surface area contributed by atoms with Crippen LogP contribution in [0.2, 0.25) is 5.02 Å². The molecule has 132 valence electrons. The molecule has 3 aromatic carbocycles. The smallest absolute Gasteiger partial charge is 0.269 e. The number of non-ortho nitro benzene ring substituents is 1. The molecule has 0 bridgehead atoms. The predicted octanol–water partition coefficient (Wildman–Crippen LogP) is 5.44. The van der Waals surface area contributed by atoms with Crippen LogP contribution >= 0.6 is 11.6 Å². The molecule has 0 saturated heterocycles. The van der Waals surface area contributed by atoms with Gasteiger partial charge in [-0.3, -0.25) is 10.1 Å². The van der Waals surface area contributed by atoms with E-state index in [0.717, 1.165) is 22.6 Å². The third kappa shape index (κ3) is 4.74. The van der Waals surface area contributed by atoms with Crippen molar-refractivity contribution in [2.75, 3.05) is 5.32 Å². The average Bonchev–Trinajstić information content (AvgIpc) is 2.66. The van der Waals surface area contributed by atoms with Gasteiger partial charge in [0.1, 0.15) is 12.4 Å². The van der Waals surface area contributed by atoms with E-state index in [-0.39, 0.29) is 5.69 Å². The molecule has 0 unspecified atom stereocenters. The van der Waals surface area contributed by atoms with Crippen molar-refractivity contribution >= 4 is 23.0 Å². The Kier molecular flexibility index (Phi) is 5.71. The monoisotopic (exact) mass is 368 g/mol. The van der Waals surface area contributed by atoms with E-state index >= 15 is 0 Å². The summed E-state index contributed by atoms with van der Waals surface area (Å²) in [7, 11) is 0. The maximum atomic E-state index is 10.7. The van der Waals surface area contributed by atoms with E-state index in [1.807, 2.05) is 48.5 Å². The van der Waals surface area contributed by atoms with Gasteiger partial charge in [0.2, 0.25) is 0 Å². The van der Waals surface area contributed by atoms with Gasteiger partial charge in [0, 0.05) is 35.0 Å². The highest BCUT2D eigenvalue weighted by molar-refractivity contribution is 6.31. The summed E-state index contributed by atoms with van der Waals surface area (Å²) < 4.78 is 5.82. The maximum absolute atomic E-state index is 10.7. The second-order valence-corrected chi connectivity index (χ2v) is 6.09. The topological polar surface area (TPSA) is 64.4 Å². The molecule has 3 aromatic rings. The molecule has 6 heteroatoms. The number of nitrogens with one attached hydrogen (secondary N) is 1. The normalized spacial score (nSPS) is 10.3. The third-order valence-corrected chi connectivity index (χ3v) is 4.19. The fraction of sp³-hybridized carbons (Fsp3) is 0.100. The molecule has 0 aromatic heterocycles. The Balaban J connectivity index is 1.58. The number of nitro groups is 1. The van der Waals surface area contributed by atoms with Crippen LogP contribution in [0, 0.1) is 10.1 Å². The Morgan fingerprint density at radius 2 is 1.77 bits per heavy atom. The zero-order chi connectivity index (χ0) is 18.4. The summed E-state index contributed by atoms with van der Waals surface area (Å²) in [6, 6.07) is 21.7. The number of nitrogens with zero attached hydrogens (tertiary/aromatic N) is 1. The Morgan fingerprint density at radius 3 is 2.50 bits per heavy atom. The van der Waals surface area contributed by atoms with Crippen LogP contribution in [0.5, 0.6) is 5.75 Å². The molecule has 0 heterocycles. The molecule has 0 aliphatic heterocycles. The lowest BCUT2D eigenvalue weighted by molar-refractivity contribution is -0.384. The van der Waals surface area contributed by atoms with E-state index in [1.54, 1.807) is 12.1 Å². The van der Waals surface area contributed by atoms with Crippen molar-refractivity contribution in [2.45, 2.75) is 13.2 Å². The van der Waals surface area contributed by atoms with Crippen LogP contribution in [-0.2, 0) is 13.2 Å². The van der Waals surface area contributed by atoms with Gasteiger partial charge in [-0.15, -0.1) is 0 Å². The summed E-state index contributed by atoms with van der Waals surface area (Å²) >= 11 is 6.14. The van der Waals surface area contributed by atoms with Crippen molar-refractivity contribution in [3.8, 4) is 5.75 Å². The van der Waals surface area contributed by atoms with Crippen LogP contribution < -0.4 is 10.1 Å². The highest BCUT2D eigenvalue weighted by Gasteiger charge is 2.04. The zero-order valence-electron chi connectivity index (χ0n) is 13.9. The molecule has 0 saturated carbocycles. The molecule has 3 rings (SSSR count). The van der Waals surface area contributed by atoms with Crippen molar-refractivity contribution < 1.29 is 9.66 Å². The van der Waals surface area contributed by atoms with E-state index < -0.39 is 4.92 Å². The predicted molar refractivity (Wildman–Crippen MR) is 103 cm³/mol. The SMILES string of the molecule is O=[N+]([O-])c1ccc(NCc2cccc(OCc3ccccc3Cl)c2)cc1. The van der Waals surface area contributed by atoms with Gasteiger partial charge in [0.05, 0.1) is 4.92 Å². The summed E-state index contributed by atoms with van der Waals surface area (Å²) in [6.07, 6.45) is 0. The molecule has 26 heavy (non-hydrogen) atoms. The van der Waals surface area contributed by atoms with Gasteiger partial charge in [-0.25, -0.2) is 0 Å². The largest absolute Gasteiger partial charge is 0.489 e. The van der Waals surface area contributed by atoms with Gasteiger partial charge in [-0.2, -0.15) is 0 Å². The van der Waals surface area contributed by atoms with Crippen LogP contribution in [0.15, 0.2) is 72.8 Å². The minimum atomic E-state index is -0.413. The molecular weight excluding hydrogens is 352 g/mol. The fourth-order valence-corrected chi connectivity index (χ4v) is 2.62. The summed E-state index contributed by atoms with van der Waals surface area (Å²) in [5.74, 6) is 0.757. The van der Waals surface area contributed by atoms with Crippen molar-refractivity contribution in [1.29, 1.82) is 0 Å². The first-order valence-corrected chi connectivity index (χ1v) is 8.43. The summed E-state index contributed by atoms with van der Waals surface area (Å²) in [5.41, 5.74) is 2.87. The summed E-state index contributed by atoms with van der Waals surface area (Å²) in [4.78, 5) is 10.3. The standard InChI is InChI=1S/C20H17ClN2O3/c21-20-7-2-1-5-16(20)14-26-19-6-3-4-15(12-19)13-22-17-8-10-18(11-9-17)23(24)25/h1-12,22H,13-14H2. The van der Waals surface area contributed by atoms with E-state index in [2.05, 4.69) is 5.32 Å². The molecule has 0 aliphatic carbocycles. The second-order valence-electron chi connectivity index (χ2n) is 5.69. The molecular formula is C20H17ClN2O3. The van der Waals surface area contributed by atoms with Crippen molar-refractivity contribution in [3.05, 3.63) is 99.1 Å². The number of hydrogen-bond acceptors (Lipinski definition) is 4. The lowest BCUT2D eigenvalue weighted by Crippen LogP contribution is -2.01. The lowest BCUT2D eigenvalue weighted by atomic mass is 10.2. The van der Waals surface area contributed by atoms with Crippen molar-refractivity contribution in [1.82, 2.24) is 0 Å². The van der Waals surface area contributed by atoms with Crippen LogP contribution in [0.3, 0.4) is 0 Å². The highest BCUT2D eigenvalue weighted by atomic mass is 35.5. The molecule has 5 nitrogen and oxygen atoms in total. The Hall–Kier alpha value is -3.05. The summed E-state index contributed by atoms with van der Waals surface area (Å²) in [6.45, 7) is 0.986. The Bertz CT molecular complexity index is 898. The van der Waals surface area contributed by atoms with Gasteiger partial charge in [0.15, 0.2) is 0 Å². The first kappa shape index (κ1) is 17.8. The number of hydrogen-bond donors (Lipinski definition) is 1. The van der Waals surface area contributed by atoms with Crippen molar-refractivity contribution in [3.63, 3.8) is 0 Å². The second kappa shape index (κ2) is 8.36. The van der Waals surface area contributed by atoms with E-state index in [9.17, 15) is 10.1 Å². The van der Waals surface area contributed by atoms with Crippen LogP contribution in [0.4, 0.5) is 11.4 Å². The fourth-order valence-electron chi connectivity index (χ4n) is 2.43. The number of rotatable bonds is 7. The highest BCUT2D eigenvalue weighted by Crippen LogP contribution is 2.20.